The second-order valence-corrected chi connectivity index (χ2v) is 7.23. The van der Waals surface area contributed by atoms with Crippen LogP contribution in [0.4, 0.5) is 17.5 Å². The highest BCUT2D eigenvalue weighted by molar-refractivity contribution is 6.09. The quantitative estimate of drug-likeness (QED) is 0.438. The van der Waals surface area contributed by atoms with E-state index in [2.05, 4.69) is 25.6 Å². The van der Waals surface area contributed by atoms with Crippen molar-refractivity contribution >= 4 is 35.1 Å². The van der Waals surface area contributed by atoms with E-state index in [0.717, 1.165) is 42.5 Å². The van der Waals surface area contributed by atoms with Crippen LogP contribution in [0.15, 0.2) is 41.7 Å². The Labute approximate surface area is 175 Å². The third-order valence-corrected chi connectivity index (χ3v) is 5.12. The van der Waals surface area contributed by atoms with Gasteiger partial charge < -0.3 is 27.8 Å². The molecule has 8 N–H and O–H groups in total. The monoisotopic (exact) mass is 408 g/mol. The standard InChI is InChI=1S/C21H28N8O/c1-25-11-14(10-22)13-6-8-15(9-7-13)27-20-16(19(24)30)12-26-21(29-20)28-18-5-3-2-4-17(18)23/h6-12,17-18H,2-5,22-23H2,1H3,(H2,24,30)(H2,26,27,28,29)/t17-,18+/m0/s1. The lowest BCUT2D eigenvalue weighted by Crippen LogP contribution is -2.43. The number of aromatic nitrogens is 2. The zero-order chi connectivity index (χ0) is 21.5. The number of carbonyl (C=O) groups excluding carboxylic acids is 1. The van der Waals surface area contributed by atoms with Crippen molar-refractivity contribution in [2.45, 2.75) is 37.8 Å². The third-order valence-electron chi connectivity index (χ3n) is 5.12. The van der Waals surface area contributed by atoms with E-state index in [1.807, 2.05) is 24.3 Å². The van der Waals surface area contributed by atoms with Crippen LogP contribution in [0.1, 0.15) is 41.6 Å². The van der Waals surface area contributed by atoms with Gasteiger partial charge in [0.1, 0.15) is 11.4 Å². The van der Waals surface area contributed by atoms with Crippen LogP contribution in [0.5, 0.6) is 0 Å². The maximum atomic E-state index is 11.8. The molecule has 1 amide bonds. The van der Waals surface area contributed by atoms with Crippen LogP contribution in [0, 0.1) is 0 Å². The molecule has 2 aromatic rings. The predicted octanol–water partition coefficient (Wildman–Crippen LogP) is 2.00. The average Bonchev–Trinajstić information content (AvgIpc) is 2.74. The van der Waals surface area contributed by atoms with E-state index in [4.69, 9.17) is 17.2 Å². The Kier molecular flexibility index (Phi) is 6.97. The highest BCUT2D eigenvalue weighted by Gasteiger charge is 2.23. The molecule has 1 saturated carbocycles. The number of hydrogen-bond donors (Lipinski definition) is 5. The van der Waals surface area contributed by atoms with Crippen molar-refractivity contribution in [1.29, 1.82) is 0 Å². The average molecular weight is 409 g/mol. The molecule has 9 nitrogen and oxygen atoms in total. The molecule has 0 radical (unpaired) electrons. The van der Waals surface area contributed by atoms with Gasteiger partial charge in [0.15, 0.2) is 0 Å². The van der Waals surface area contributed by atoms with Gasteiger partial charge >= 0.3 is 0 Å². The van der Waals surface area contributed by atoms with E-state index in [1.54, 1.807) is 13.3 Å². The van der Waals surface area contributed by atoms with Gasteiger partial charge in [0.2, 0.25) is 5.95 Å². The first-order chi connectivity index (χ1) is 14.5. The van der Waals surface area contributed by atoms with Crippen LogP contribution in [0.3, 0.4) is 0 Å². The minimum Gasteiger partial charge on any atom is -0.404 e. The summed E-state index contributed by atoms with van der Waals surface area (Å²) >= 11 is 0. The summed E-state index contributed by atoms with van der Waals surface area (Å²) in [6.45, 7) is 0. The molecule has 1 aliphatic carbocycles. The van der Waals surface area contributed by atoms with Gasteiger partial charge in [-0.15, -0.1) is 0 Å². The molecule has 0 saturated heterocycles. The largest absolute Gasteiger partial charge is 0.404 e. The van der Waals surface area contributed by atoms with Crippen molar-refractivity contribution in [3.8, 4) is 0 Å². The second-order valence-electron chi connectivity index (χ2n) is 7.23. The summed E-state index contributed by atoms with van der Waals surface area (Å²) in [5.74, 6) is 0.137. The molecule has 1 aromatic heterocycles. The van der Waals surface area contributed by atoms with Crippen LogP contribution in [-0.4, -0.2) is 41.2 Å². The fourth-order valence-electron chi connectivity index (χ4n) is 3.47. The molecule has 1 aromatic carbocycles. The van der Waals surface area contributed by atoms with Gasteiger partial charge in [-0.2, -0.15) is 4.98 Å². The molecular weight excluding hydrogens is 380 g/mol. The fourth-order valence-corrected chi connectivity index (χ4v) is 3.47. The Morgan fingerprint density at radius 3 is 2.60 bits per heavy atom. The first-order valence-corrected chi connectivity index (χ1v) is 9.92. The van der Waals surface area contributed by atoms with Crippen molar-refractivity contribution < 1.29 is 4.79 Å². The number of amides is 1. The predicted molar refractivity (Wildman–Crippen MR) is 121 cm³/mol. The van der Waals surface area contributed by atoms with E-state index in [-0.39, 0.29) is 17.6 Å². The third kappa shape index (κ3) is 5.12. The summed E-state index contributed by atoms with van der Waals surface area (Å²) in [6, 6.07) is 7.67. The van der Waals surface area contributed by atoms with E-state index < -0.39 is 5.91 Å². The van der Waals surface area contributed by atoms with E-state index in [9.17, 15) is 4.79 Å². The summed E-state index contributed by atoms with van der Waals surface area (Å²) < 4.78 is 0. The van der Waals surface area contributed by atoms with Gasteiger partial charge in [0.25, 0.3) is 5.91 Å². The molecule has 1 aliphatic rings. The van der Waals surface area contributed by atoms with Crippen molar-refractivity contribution in [3.05, 3.63) is 47.8 Å². The molecule has 158 valence electrons. The summed E-state index contributed by atoms with van der Waals surface area (Å²) in [4.78, 5) is 24.6. The molecule has 1 heterocycles. The minimum atomic E-state index is -0.609. The molecule has 0 bridgehead atoms. The first kappa shape index (κ1) is 21.3. The Morgan fingerprint density at radius 2 is 1.97 bits per heavy atom. The van der Waals surface area contributed by atoms with Crippen molar-refractivity contribution in [2.75, 3.05) is 17.7 Å². The highest BCUT2D eigenvalue weighted by atomic mass is 16.1. The smallest absolute Gasteiger partial charge is 0.254 e. The highest BCUT2D eigenvalue weighted by Crippen LogP contribution is 2.24. The molecule has 0 spiro atoms. The van der Waals surface area contributed by atoms with Crippen LogP contribution in [-0.2, 0) is 0 Å². The van der Waals surface area contributed by atoms with Crippen LogP contribution in [0.2, 0.25) is 0 Å². The number of anilines is 3. The molecule has 1 fully saturated rings. The zero-order valence-electron chi connectivity index (χ0n) is 17.0. The lowest BCUT2D eigenvalue weighted by molar-refractivity contribution is 0.100. The number of primary amides is 1. The number of rotatable bonds is 7. The minimum absolute atomic E-state index is 0.0542. The molecular formula is C21H28N8O. The summed E-state index contributed by atoms with van der Waals surface area (Å²) in [5.41, 5.74) is 20.0. The van der Waals surface area contributed by atoms with Gasteiger partial charge in [-0.25, -0.2) is 4.98 Å². The summed E-state index contributed by atoms with van der Waals surface area (Å²) in [7, 11) is 1.69. The Balaban J connectivity index is 1.82. The van der Waals surface area contributed by atoms with Gasteiger partial charge in [-0.3, -0.25) is 9.79 Å². The topological polar surface area (TPSA) is 157 Å². The fraction of sp³-hybridized carbons (Fsp3) is 0.333. The molecule has 9 heteroatoms. The van der Waals surface area contributed by atoms with Gasteiger partial charge in [-0.05, 0) is 30.5 Å². The molecule has 3 rings (SSSR count). The number of aliphatic imine (C=N–C) groups is 1. The number of allylic oxidation sites excluding steroid dienone is 1. The van der Waals surface area contributed by atoms with Crippen LogP contribution in [0.25, 0.3) is 5.57 Å². The maximum Gasteiger partial charge on any atom is 0.254 e. The Bertz CT molecular complexity index is 939. The van der Waals surface area contributed by atoms with Crippen LogP contribution >= 0.6 is 0 Å². The number of nitrogens with two attached hydrogens (primary N) is 3. The second kappa shape index (κ2) is 9.84. The molecule has 2 atom stereocenters. The molecule has 0 unspecified atom stereocenters. The lowest BCUT2D eigenvalue weighted by atomic mass is 9.91. The van der Waals surface area contributed by atoms with Crippen LogP contribution < -0.4 is 27.8 Å². The summed E-state index contributed by atoms with van der Waals surface area (Å²) in [5, 5.41) is 6.44. The number of nitrogens with one attached hydrogen (secondary N) is 2. The Hall–Kier alpha value is -3.46. The SMILES string of the molecule is CN=CC(=CN)c1ccc(Nc2nc(N[C@@H]3CCCC[C@@H]3N)ncc2C(N)=O)cc1. The number of benzene rings is 1. The van der Waals surface area contributed by atoms with Gasteiger partial charge in [0.05, 0.1) is 0 Å². The Morgan fingerprint density at radius 1 is 1.23 bits per heavy atom. The van der Waals surface area contributed by atoms with Crippen molar-refractivity contribution in [2.24, 2.45) is 22.2 Å². The van der Waals surface area contributed by atoms with E-state index in [1.165, 1.54) is 12.4 Å². The lowest BCUT2D eigenvalue weighted by Gasteiger charge is -2.29. The number of carbonyl (C=O) groups is 1. The number of nitrogens with zero attached hydrogens (tertiary/aromatic N) is 3. The maximum absolute atomic E-state index is 11.8. The van der Waals surface area contributed by atoms with E-state index in [0.29, 0.717) is 11.8 Å². The van der Waals surface area contributed by atoms with Crippen molar-refractivity contribution in [1.82, 2.24) is 9.97 Å². The zero-order valence-corrected chi connectivity index (χ0v) is 17.0. The summed E-state index contributed by atoms with van der Waals surface area (Å²) in [6.07, 6.45) is 8.79. The van der Waals surface area contributed by atoms with Gasteiger partial charge in [-0.1, -0.05) is 25.0 Å². The van der Waals surface area contributed by atoms with Crippen molar-refractivity contribution in [3.63, 3.8) is 0 Å². The normalized spacial score (nSPS) is 19.6. The number of hydrogen-bond acceptors (Lipinski definition) is 8. The van der Waals surface area contributed by atoms with E-state index >= 15 is 0 Å². The molecule has 30 heavy (non-hydrogen) atoms. The first-order valence-electron chi connectivity index (χ1n) is 9.92. The van der Waals surface area contributed by atoms with Gasteiger partial charge in [0, 0.05) is 49.0 Å². The molecule has 0 aliphatic heterocycles.